The summed E-state index contributed by atoms with van der Waals surface area (Å²) in [4.78, 5) is 28.0. The van der Waals surface area contributed by atoms with Crippen molar-refractivity contribution in [1.29, 1.82) is 0 Å². The lowest BCUT2D eigenvalue weighted by Gasteiger charge is -2.27. The van der Waals surface area contributed by atoms with Gasteiger partial charge in [0, 0.05) is 16.3 Å². The van der Waals surface area contributed by atoms with Gasteiger partial charge in [0.1, 0.15) is 17.3 Å². The lowest BCUT2D eigenvalue weighted by atomic mass is 9.94. The van der Waals surface area contributed by atoms with Gasteiger partial charge in [-0.3, -0.25) is 14.5 Å². The minimum atomic E-state index is -0.940. The highest BCUT2D eigenvalue weighted by atomic mass is 35.5. The third-order valence-corrected chi connectivity index (χ3v) is 6.08. The molecule has 1 saturated heterocycles. The third kappa shape index (κ3) is 3.83. The number of Topliss-reactive ketones (excluding diaryl/α,β-unsaturated/α-hetero) is 1. The Morgan fingerprint density at radius 2 is 1.58 bits per heavy atom. The van der Waals surface area contributed by atoms with Crippen molar-refractivity contribution >= 4 is 34.7 Å². The van der Waals surface area contributed by atoms with E-state index < -0.39 is 17.7 Å². The van der Waals surface area contributed by atoms with Gasteiger partial charge in [0.05, 0.1) is 31.4 Å². The summed E-state index contributed by atoms with van der Waals surface area (Å²) in [6.45, 7) is 1.85. The molecular weight excluding hydrogens is 442 g/mol. The maximum absolute atomic E-state index is 13.3. The molecular formula is C26H22ClNO5. The Balaban J connectivity index is 2.02. The number of carbonyl (C=O) groups excluding carboxylic acids is 2. The van der Waals surface area contributed by atoms with Crippen molar-refractivity contribution in [2.45, 2.75) is 13.0 Å². The second-order valence-corrected chi connectivity index (χ2v) is 7.95. The van der Waals surface area contributed by atoms with Gasteiger partial charge in [0.15, 0.2) is 0 Å². The Labute approximate surface area is 196 Å². The largest absolute Gasteiger partial charge is 0.507 e. The summed E-state index contributed by atoms with van der Waals surface area (Å²) in [5.41, 5.74) is 2.06. The summed E-state index contributed by atoms with van der Waals surface area (Å²) in [5.74, 6) is -1.08. The fourth-order valence-electron chi connectivity index (χ4n) is 4.00. The lowest BCUT2D eigenvalue weighted by molar-refractivity contribution is -0.132. The van der Waals surface area contributed by atoms with Crippen LogP contribution in [0.5, 0.6) is 11.5 Å². The molecule has 168 valence electrons. The van der Waals surface area contributed by atoms with Gasteiger partial charge in [-0.15, -0.1) is 0 Å². The zero-order valence-corrected chi connectivity index (χ0v) is 19.1. The quantitative estimate of drug-likeness (QED) is 0.316. The summed E-state index contributed by atoms with van der Waals surface area (Å²) >= 11 is 6.34. The van der Waals surface area contributed by atoms with E-state index in [-0.39, 0.29) is 11.3 Å². The van der Waals surface area contributed by atoms with Gasteiger partial charge in [-0.1, -0.05) is 48.0 Å². The van der Waals surface area contributed by atoms with Crippen molar-refractivity contribution < 1.29 is 24.2 Å². The predicted molar refractivity (Wildman–Crippen MR) is 127 cm³/mol. The molecule has 6 nitrogen and oxygen atoms in total. The highest BCUT2D eigenvalue weighted by molar-refractivity contribution is 6.52. The van der Waals surface area contributed by atoms with Gasteiger partial charge in [0.25, 0.3) is 11.7 Å². The van der Waals surface area contributed by atoms with Crippen LogP contribution in [-0.4, -0.2) is 31.0 Å². The number of ketones is 1. The first kappa shape index (κ1) is 22.4. The Kier molecular flexibility index (Phi) is 6.11. The van der Waals surface area contributed by atoms with E-state index in [1.165, 1.54) is 19.1 Å². The van der Waals surface area contributed by atoms with Crippen LogP contribution in [0.15, 0.2) is 72.3 Å². The van der Waals surface area contributed by atoms with Gasteiger partial charge in [0.2, 0.25) is 0 Å². The van der Waals surface area contributed by atoms with E-state index in [9.17, 15) is 14.7 Å². The van der Waals surface area contributed by atoms with Crippen molar-refractivity contribution in [3.63, 3.8) is 0 Å². The van der Waals surface area contributed by atoms with E-state index in [1.807, 2.05) is 6.92 Å². The highest BCUT2D eigenvalue weighted by Gasteiger charge is 2.48. The minimum absolute atomic E-state index is 0.0642. The van der Waals surface area contributed by atoms with Crippen LogP contribution in [0.25, 0.3) is 5.76 Å². The zero-order chi connectivity index (χ0) is 23.7. The molecule has 4 rings (SSSR count). The molecule has 0 bridgehead atoms. The minimum Gasteiger partial charge on any atom is -0.507 e. The number of carbonyl (C=O) groups is 2. The molecule has 1 aliphatic heterocycles. The molecule has 3 aromatic rings. The van der Waals surface area contributed by atoms with E-state index >= 15 is 0 Å². The number of aryl methyl sites for hydroxylation is 1. The molecule has 1 fully saturated rings. The first-order chi connectivity index (χ1) is 15.9. The summed E-state index contributed by atoms with van der Waals surface area (Å²) in [6, 6.07) is 18.0. The summed E-state index contributed by atoms with van der Waals surface area (Å²) in [7, 11) is 2.98. The van der Waals surface area contributed by atoms with E-state index in [0.717, 1.165) is 5.56 Å². The van der Waals surface area contributed by atoms with Crippen molar-refractivity contribution in [2.24, 2.45) is 0 Å². The van der Waals surface area contributed by atoms with Crippen LogP contribution >= 0.6 is 11.6 Å². The highest BCUT2D eigenvalue weighted by Crippen LogP contribution is 2.46. The molecule has 1 amide bonds. The molecule has 0 aliphatic carbocycles. The van der Waals surface area contributed by atoms with Gasteiger partial charge in [-0.25, -0.2) is 0 Å². The number of nitrogens with zero attached hydrogens (tertiary/aromatic N) is 1. The van der Waals surface area contributed by atoms with Crippen molar-refractivity contribution in [3.8, 4) is 11.5 Å². The van der Waals surface area contributed by atoms with Gasteiger partial charge in [-0.2, -0.15) is 0 Å². The van der Waals surface area contributed by atoms with Crippen LogP contribution in [0.1, 0.15) is 22.7 Å². The second-order valence-electron chi connectivity index (χ2n) is 7.54. The number of methoxy groups -OCH3 is 2. The van der Waals surface area contributed by atoms with Crippen LogP contribution in [0.3, 0.4) is 0 Å². The standard InChI is InChI=1S/C26H22ClNO5/c1-15-12-13-16(14-19(15)27)28-23(17-8-4-6-10-20(17)32-2)22(25(30)26(28)31)24(29)18-9-5-7-11-21(18)33-3/h4-14,23,29H,1-3H3/b24-22+. The average Bonchev–Trinajstić information content (AvgIpc) is 3.10. The number of aliphatic hydroxyl groups excluding tert-OH is 1. The van der Waals surface area contributed by atoms with Crippen molar-refractivity contribution in [3.05, 3.63) is 94.0 Å². The van der Waals surface area contributed by atoms with Crippen LogP contribution in [0, 0.1) is 6.92 Å². The molecule has 1 heterocycles. The monoisotopic (exact) mass is 463 g/mol. The van der Waals surface area contributed by atoms with Crippen molar-refractivity contribution in [1.82, 2.24) is 0 Å². The third-order valence-electron chi connectivity index (χ3n) is 5.67. The van der Waals surface area contributed by atoms with Gasteiger partial charge >= 0.3 is 0 Å². The number of halogens is 1. The number of hydrogen-bond donors (Lipinski definition) is 1. The molecule has 0 spiro atoms. The van der Waals surface area contributed by atoms with Crippen LogP contribution in [0.4, 0.5) is 5.69 Å². The number of benzene rings is 3. The maximum atomic E-state index is 13.3. The number of para-hydroxylation sites is 2. The molecule has 0 aromatic heterocycles. The fraction of sp³-hybridized carbons (Fsp3) is 0.154. The Hall–Kier alpha value is -3.77. The molecule has 1 aliphatic rings. The van der Waals surface area contributed by atoms with Crippen LogP contribution in [-0.2, 0) is 9.59 Å². The molecule has 1 atom stereocenters. The van der Waals surface area contributed by atoms with Gasteiger partial charge in [-0.05, 0) is 42.8 Å². The number of amides is 1. The van der Waals surface area contributed by atoms with Crippen LogP contribution < -0.4 is 14.4 Å². The number of aliphatic hydroxyl groups is 1. The summed E-state index contributed by atoms with van der Waals surface area (Å²) < 4.78 is 10.9. The maximum Gasteiger partial charge on any atom is 0.300 e. The Morgan fingerprint density at radius 1 is 0.939 bits per heavy atom. The molecule has 1 N–H and O–H groups in total. The average molecular weight is 464 g/mol. The number of hydrogen-bond acceptors (Lipinski definition) is 5. The zero-order valence-electron chi connectivity index (χ0n) is 18.3. The number of anilines is 1. The van der Waals surface area contributed by atoms with Crippen LogP contribution in [0.2, 0.25) is 5.02 Å². The Bertz CT molecular complexity index is 1280. The second kappa shape index (κ2) is 9.00. The van der Waals surface area contributed by atoms with E-state index in [0.29, 0.717) is 33.3 Å². The van der Waals surface area contributed by atoms with E-state index in [2.05, 4.69) is 0 Å². The predicted octanol–water partition coefficient (Wildman–Crippen LogP) is 5.29. The molecule has 3 aromatic carbocycles. The summed E-state index contributed by atoms with van der Waals surface area (Å²) in [6.07, 6.45) is 0. The topological polar surface area (TPSA) is 76.1 Å². The number of rotatable bonds is 5. The molecule has 7 heteroatoms. The van der Waals surface area contributed by atoms with Crippen molar-refractivity contribution in [2.75, 3.05) is 19.1 Å². The number of ether oxygens (including phenoxy) is 2. The van der Waals surface area contributed by atoms with E-state index in [1.54, 1.807) is 66.7 Å². The molecule has 33 heavy (non-hydrogen) atoms. The Morgan fingerprint density at radius 3 is 2.24 bits per heavy atom. The fourth-order valence-corrected chi connectivity index (χ4v) is 4.18. The first-order valence-corrected chi connectivity index (χ1v) is 10.6. The van der Waals surface area contributed by atoms with Gasteiger partial charge < -0.3 is 14.6 Å². The summed E-state index contributed by atoms with van der Waals surface area (Å²) in [5, 5.41) is 11.8. The molecule has 1 unspecified atom stereocenters. The lowest BCUT2D eigenvalue weighted by Crippen LogP contribution is -2.29. The molecule has 0 radical (unpaired) electrons. The van der Waals surface area contributed by atoms with E-state index in [4.69, 9.17) is 21.1 Å². The molecule has 0 saturated carbocycles. The first-order valence-electron chi connectivity index (χ1n) is 10.2. The normalized spacial score (nSPS) is 17.3. The SMILES string of the molecule is COc1ccccc1/C(O)=C1\C(=O)C(=O)N(c2ccc(C)c(Cl)c2)C1c1ccccc1OC. The smallest absolute Gasteiger partial charge is 0.300 e.